The van der Waals surface area contributed by atoms with E-state index in [1.165, 1.54) is 0 Å². The highest BCUT2D eigenvalue weighted by atomic mass is 16.5. The number of fused-ring (bicyclic) bond motifs is 1. The highest BCUT2D eigenvalue weighted by Gasteiger charge is 2.27. The number of benzene rings is 2. The van der Waals surface area contributed by atoms with Crippen LogP contribution in [0, 0.1) is 0 Å². The molecule has 0 radical (unpaired) electrons. The summed E-state index contributed by atoms with van der Waals surface area (Å²) >= 11 is 0. The number of hydrogen-bond acceptors (Lipinski definition) is 5. The summed E-state index contributed by atoms with van der Waals surface area (Å²) in [5, 5.41) is 9.95. The van der Waals surface area contributed by atoms with E-state index in [2.05, 4.69) is 52.2 Å². The first-order valence-corrected chi connectivity index (χ1v) is 11.0. The summed E-state index contributed by atoms with van der Waals surface area (Å²) in [4.78, 5) is 13.0. The van der Waals surface area contributed by atoms with Crippen molar-refractivity contribution in [1.82, 2.24) is 14.9 Å². The van der Waals surface area contributed by atoms with Crippen LogP contribution in [0.5, 0.6) is 0 Å². The lowest BCUT2D eigenvalue weighted by atomic mass is 10.0. The molecule has 0 amide bonds. The fraction of sp³-hybridized carbons (Fsp3) is 0.458. The third-order valence-corrected chi connectivity index (χ3v) is 6.35. The van der Waals surface area contributed by atoms with E-state index in [1.807, 2.05) is 18.2 Å². The summed E-state index contributed by atoms with van der Waals surface area (Å²) in [6, 6.07) is 16.7. The van der Waals surface area contributed by atoms with Crippen LogP contribution >= 0.6 is 0 Å². The Morgan fingerprint density at radius 2 is 1.90 bits per heavy atom. The lowest BCUT2D eigenvalue weighted by molar-refractivity contribution is -0.0264. The van der Waals surface area contributed by atoms with E-state index < -0.39 is 0 Å². The second-order valence-electron chi connectivity index (χ2n) is 8.64. The van der Waals surface area contributed by atoms with Crippen molar-refractivity contribution in [3.8, 4) is 0 Å². The molecular formula is C24H30N4O2. The zero-order valence-corrected chi connectivity index (χ0v) is 17.5. The normalized spacial score (nSPS) is 22.1. The molecular weight excluding hydrogens is 376 g/mol. The van der Waals surface area contributed by atoms with Crippen molar-refractivity contribution in [2.45, 2.75) is 37.6 Å². The molecule has 2 saturated heterocycles. The molecule has 0 bridgehead atoms. The molecule has 2 N–H and O–H groups in total. The van der Waals surface area contributed by atoms with Crippen LogP contribution in [0.15, 0.2) is 48.5 Å². The molecule has 3 aromatic rings. The first kappa shape index (κ1) is 19.5. The van der Waals surface area contributed by atoms with Gasteiger partial charge in [-0.05, 0) is 56.1 Å². The van der Waals surface area contributed by atoms with Crippen molar-refractivity contribution in [1.29, 1.82) is 0 Å². The fourth-order valence-corrected chi connectivity index (χ4v) is 4.57. The van der Waals surface area contributed by atoms with Crippen LogP contribution in [0.3, 0.4) is 0 Å². The number of aromatic nitrogens is 2. The molecule has 0 spiro atoms. The van der Waals surface area contributed by atoms with Gasteiger partial charge in [0.1, 0.15) is 11.9 Å². The Labute approximate surface area is 177 Å². The summed E-state index contributed by atoms with van der Waals surface area (Å²) in [6.45, 7) is 3.69. The zero-order chi connectivity index (χ0) is 20.5. The van der Waals surface area contributed by atoms with Gasteiger partial charge in [-0.25, -0.2) is 4.98 Å². The van der Waals surface area contributed by atoms with E-state index in [1.54, 1.807) is 0 Å². The number of rotatable bonds is 5. The number of aliphatic hydroxyl groups excluding tert-OH is 1. The maximum absolute atomic E-state index is 9.95. The molecule has 3 heterocycles. The lowest BCUT2D eigenvalue weighted by Crippen LogP contribution is -2.35. The largest absolute Gasteiger partial charge is 0.391 e. The number of nitrogens with zero attached hydrogens (tertiary/aromatic N) is 3. The molecule has 2 aromatic carbocycles. The van der Waals surface area contributed by atoms with Gasteiger partial charge in [0.2, 0.25) is 0 Å². The van der Waals surface area contributed by atoms with Crippen molar-refractivity contribution < 1.29 is 9.84 Å². The highest BCUT2D eigenvalue weighted by Crippen LogP contribution is 2.32. The van der Waals surface area contributed by atoms with Crippen molar-refractivity contribution in [3.05, 3.63) is 59.9 Å². The number of β-amino-alcohol motifs (C(OH)–C–C–N with tert-alkyl or cyclic N) is 1. The Bertz CT molecular complexity index is 963. The van der Waals surface area contributed by atoms with Crippen LogP contribution in [0.1, 0.15) is 36.8 Å². The number of aromatic amines is 1. The van der Waals surface area contributed by atoms with Gasteiger partial charge in [0.05, 0.1) is 23.2 Å². The van der Waals surface area contributed by atoms with Gasteiger partial charge >= 0.3 is 0 Å². The SMILES string of the molecule is CN1CCC(OC(c2cccc(N3CCC(O)C3)c2)c2nc3ccccc3[nH]2)CC1. The van der Waals surface area contributed by atoms with Gasteiger partial charge in [0.15, 0.2) is 0 Å². The lowest BCUT2D eigenvalue weighted by Gasteiger charge is -2.31. The molecule has 0 saturated carbocycles. The smallest absolute Gasteiger partial charge is 0.141 e. The number of piperidine rings is 1. The maximum Gasteiger partial charge on any atom is 0.141 e. The van der Waals surface area contributed by atoms with Gasteiger partial charge in [-0.2, -0.15) is 0 Å². The minimum Gasteiger partial charge on any atom is -0.391 e. The molecule has 30 heavy (non-hydrogen) atoms. The van der Waals surface area contributed by atoms with Crippen LogP contribution in [0.25, 0.3) is 11.0 Å². The first-order chi connectivity index (χ1) is 14.7. The Hall–Kier alpha value is -2.41. The molecule has 2 aliphatic rings. The molecule has 158 valence electrons. The van der Waals surface area contributed by atoms with Gasteiger partial charge in [-0.1, -0.05) is 24.3 Å². The van der Waals surface area contributed by atoms with Crippen molar-refractivity contribution in [3.63, 3.8) is 0 Å². The summed E-state index contributed by atoms with van der Waals surface area (Å²) < 4.78 is 6.69. The van der Waals surface area contributed by atoms with E-state index in [9.17, 15) is 5.11 Å². The third kappa shape index (κ3) is 4.08. The summed E-state index contributed by atoms with van der Waals surface area (Å²) in [5.74, 6) is 0.855. The minimum atomic E-state index is -0.240. The maximum atomic E-state index is 9.95. The minimum absolute atomic E-state index is 0.219. The van der Waals surface area contributed by atoms with E-state index in [4.69, 9.17) is 9.72 Å². The second kappa shape index (κ2) is 8.38. The molecule has 6 heteroatoms. The summed E-state index contributed by atoms with van der Waals surface area (Å²) in [6.07, 6.45) is 2.63. The Morgan fingerprint density at radius 1 is 1.07 bits per heavy atom. The highest BCUT2D eigenvalue weighted by molar-refractivity contribution is 5.75. The van der Waals surface area contributed by atoms with Gasteiger partial charge in [-0.3, -0.25) is 0 Å². The predicted molar refractivity (Wildman–Crippen MR) is 119 cm³/mol. The molecule has 5 rings (SSSR count). The molecule has 2 aliphatic heterocycles. The quantitative estimate of drug-likeness (QED) is 0.680. The van der Waals surface area contributed by atoms with Crippen molar-refractivity contribution >= 4 is 16.7 Å². The second-order valence-corrected chi connectivity index (χ2v) is 8.64. The molecule has 0 aliphatic carbocycles. The van der Waals surface area contributed by atoms with E-state index in [0.29, 0.717) is 6.54 Å². The van der Waals surface area contributed by atoms with Crippen LogP contribution in [-0.4, -0.2) is 65.4 Å². The number of likely N-dealkylation sites (tertiary alicyclic amines) is 1. The molecule has 2 fully saturated rings. The third-order valence-electron chi connectivity index (χ3n) is 6.35. The molecule has 6 nitrogen and oxygen atoms in total. The standard InChI is InChI=1S/C24H30N4O2/c1-27-12-10-20(11-13-27)30-23(24-25-21-7-2-3-8-22(21)26-24)17-5-4-6-18(15-17)28-14-9-19(29)16-28/h2-8,15,19-20,23,29H,9-14,16H2,1H3,(H,25,26). The van der Waals surface area contributed by atoms with Crippen LogP contribution in [0.4, 0.5) is 5.69 Å². The van der Waals surface area contributed by atoms with Gasteiger partial charge in [0.25, 0.3) is 0 Å². The Kier molecular flexibility index (Phi) is 5.46. The monoisotopic (exact) mass is 406 g/mol. The number of imidazole rings is 1. The van der Waals surface area contributed by atoms with Gasteiger partial charge in [0, 0.05) is 31.9 Å². The summed E-state index contributed by atoms with van der Waals surface area (Å²) in [5.41, 5.74) is 4.23. The molecule has 2 atom stereocenters. The Morgan fingerprint density at radius 3 is 2.67 bits per heavy atom. The van der Waals surface area contributed by atoms with Crippen LogP contribution in [0.2, 0.25) is 0 Å². The van der Waals surface area contributed by atoms with Gasteiger partial charge < -0.3 is 24.6 Å². The number of nitrogens with one attached hydrogen (secondary N) is 1. The average molecular weight is 407 g/mol. The number of H-pyrrole nitrogens is 1. The Balaban J connectivity index is 1.47. The number of ether oxygens (including phenoxy) is 1. The van der Waals surface area contributed by atoms with E-state index in [0.717, 1.165) is 67.0 Å². The predicted octanol–water partition coefficient (Wildman–Crippen LogP) is 3.33. The molecule has 1 aromatic heterocycles. The van der Waals surface area contributed by atoms with E-state index >= 15 is 0 Å². The average Bonchev–Trinajstić information content (AvgIpc) is 3.39. The molecule has 2 unspecified atom stereocenters. The van der Waals surface area contributed by atoms with Crippen LogP contribution in [-0.2, 0) is 4.74 Å². The number of aliphatic hydroxyl groups is 1. The topological polar surface area (TPSA) is 64.6 Å². The van der Waals surface area contributed by atoms with Crippen molar-refractivity contribution in [2.24, 2.45) is 0 Å². The first-order valence-electron chi connectivity index (χ1n) is 11.0. The fourth-order valence-electron chi connectivity index (χ4n) is 4.57. The summed E-state index contributed by atoms with van der Waals surface area (Å²) in [7, 11) is 2.17. The van der Waals surface area contributed by atoms with Gasteiger partial charge in [-0.15, -0.1) is 0 Å². The number of hydrogen-bond donors (Lipinski definition) is 2. The zero-order valence-electron chi connectivity index (χ0n) is 17.5. The number of para-hydroxylation sites is 2. The van der Waals surface area contributed by atoms with Crippen LogP contribution < -0.4 is 4.90 Å². The van der Waals surface area contributed by atoms with Crippen molar-refractivity contribution in [2.75, 3.05) is 38.1 Å². The number of anilines is 1. The van der Waals surface area contributed by atoms with E-state index in [-0.39, 0.29) is 18.3 Å².